The fourth-order valence-corrected chi connectivity index (χ4v) is 4.00. The van der Waals surface area contributed by atoms with E-state index in [1.54, 1.807) is 24.1 Å². The molecule has 2 fully saturated rings. The van der Waals surface area contributed by atoms with E-state index in [1.807, 2.05) is 4.90 Å². The van der Waals surface area contributed by atoms with Gasteiger partial charge in [0.25, 0.3) is 0 Å². The first kappa shape index (κ1) is 19.8. The van der Waals surface area contributed by atoms with Crippen molar-refractivity contribution in [3.05, 3.63) is 35.6 Å². The number of carbonyl (C=O) groups excluding carboxylic acids is 2. The maximum Gasteiger partial charge on any atom is 0.228 e. The van der Waals surface area contributed by atoms with Crippen molar-refractivity contribution >= 4 is 11.8 Å². The number of hydrogen-bond acceptors (Lipinski definition) is 4. The monoisotopic (exact) mass is 377 g/mol. The van der Waals surface area contributed by atoms with Crippen LogP contribution in [0.25, 0.3) is 0 Å². The first-order valence-electron chi connectivity index (χ1n) is 9.52. The zero-order valence-corrected chi connectivity index (χ0v) is 16.1. The molecule has 0 N–H and O–H groups in total. The van der Waals surface area contributed by atoms with Gasteiger partial charge in [-0.3, -0.25) is 9.59 Å². The molecule has 0 radical (unpaired) electrons. The van der Waals surface area contributed by atoms with Crippen LogP contribution in [-0.2, 0) is 14.3 Å². The van der Waals surface area contributed by atoms with Gasteiger partial charge in [0.2, 0.25) is 11.8 Å². The van der Waals surface area contributed by atoms with Crippen LogP contribution in [0.15, 0.2) is 24.3 Å². The maximum atomic E-state index is 13.4. The van der Waals surface area contributed by atoms with Crippen LogP contribution in [0.5, 0.6) is 0 Å². The van der Waals surface area contributed by atoms with Gasteiger partial charge in [-0.05, 0) is 31.2 Å². The second-order valence-corrected chi connectivity index (χ2v) is 7.35. The molecule has 2 amide bonds. The lowest BCUT2D eigenvalue weighted by atomic mass is 9.83. The standard InChI is InChI=1S/C20H28FN3O3/c1-22-9-11-23(12-10-22)20(26)17-7-8-18(25)24(13-14-27-2)19(17)15-3-5-16(21)6-4-15/h3-6,17,19H,7-14H2,1-2H3/t17-,19+/m1/s1. The largest absolute Gasteiger partial charge is 0.383 e. The molecular weight excluding hydrogens is 349 g/mol. The number of piperazine rings is 1. The molecule has 1 aromatic rings. The number of rotatable bonds is 5. The second kappa shape index (κ2) is 8.80. The van der Waals surface area contributed by atoms with Gasteiger partial charge in [-0.1, -0.05) is 12.1 Å². The highest BCUT2D eigenvalue weighted by molar-refractivity contribution is 5.85. The molecular formula is C20H28FN3O3. The molecule has 0 spiro atoms. The minimum atomic E-state index is -0.380. The van der Waals surface area contributed by atoms with E-state index in [0.29, 0.717) is 39.1 Å². The minimum absolute atomic E-state index is 0.0174. The van der Waals surface area contributed by atoms with Crippen molar-refractivity contribution in [1.82, 2.24) is 14.7 Å². The minimum Gasteiger partial charge on any atom is -0.383 e. The summed E-state index contributed by atoms with van der Waals surface area (Å²) >= 11 is 0. The Balaban J connectivity index is 1.88. The van der Waals surface area contributed by atoms with Crippen LogP contribution in [0.4, 0.5) is 4.39 Å². The molecule has 1 aromatic carbocycles. The Labute approximate surface area is 159 Å². The van der Waals surface area contributed by atoms with Crippen molar-refractivity contribution < 1.29 is 18.7 Å². The van der Waals surface area contributed by atoms with Gasteiger partial charge in [0.15, 0.2) is 0 Å². The number of benzene rings is 1. The van der Waals surface area contributed by atoms with Gasteiger partial charge in [-0.15, -0.1) is 0 Å². The summed E-state index contributed by atoms with van der Waals surface area (Å²) in [4.78, 5) is 31.8. The average molecular weight is 377 g/mol. The second-order valence-electron chi connectivity index (χ2n) is 7.35. The summed E-state index contributed by atoms with van der Waals surface area (Å²) in [6, 6.07) is 5.76. The predicted molar refractivity (Wildman–Crippen MR) is 99.5 cm³/mol. The van der Waals surface area contributed by atoms with Gasteiger partial charge >= 0.3 is 0 Å². The zero-order chi connectivity index (χ0) is 19.4. The fraction of sp³-hybridized carbons (Fsp3) is 0.600. The zero-order valence-electron chi connectivity index (χ0n) is 16.1. The molecule has 0 saturated carbocycles. The third kappa shape index (κ3) is 4.47. The molecule has 2 saturated heterocycles. The van der Waals surface area contributed by atoms with Crippen molar-refractivity contribution in [3.63, 3.8) is 0 Å². The third-order valence-corrected chi connectivity index (χ3v) is 5.59. The van der Waals surface area contributed by atoms with Crippen molar-refractivity contribution in [1.29, 1.82) is 0 Å². The quantitative estimate of drug-likeness (QED) is 0.781. The van der Waals surface area contributed by atoms with E-state index in [0.717, 1.165) is 18.7 Å². The first-order valence-corrected chi connectivity index (χ1v) is 9.52. The summed E-state index contributed by atoms with van der Waals surface area (Å²) in [5, 5.41) is 0. The molecule has 6 nitrogen and oxygen atoms in total. The average Bonchev–Trinajstić information content (AvgIpc) is 2.67. The summed E-state index contributed by atoms with van der Waals surface area (Å²) in [5.74, 6) is -0.532. The Morgan fingerprint density at radius 1 is 1.19 bits per heavy atom. The van der Waals surface area contributed by atoms with E-state index in [-0.39, 0.29) is 29.6 Å². The van der Waals surface area contributed by atoms with E-state index in [1.165, 1.54) is 12.1 Å². The van der Waals surface area contributed by atoms with Crippen molar-refractivity contribution in [2.45, 2.75) is 18.9 Å². The van der Waals surface area contributed by atoms with Gasteiger partial charge in [0.1, 0.15) is 5.82 Å². The first-order chi connectivity index (χ1) is 13.0. The van der Waals surface area contributed by atoms with E-state index in [4.69, 9.17) is 4.74 Å². The lowest BCUT2D eigenvalue weighted by Crippen LogP contribution is -2.53. The molecule has 3 rings (SSSR count). The van der Waals surface area contributed by atoms with Crippen molar-refractivity contribution in [2.75, 3.05) is 53.5 Å². The van der Waals surface area contributed by atoms with E-state index in [2.05, 4.69) is 11.9 Å². The Morgan fingerprint density at radius 2 is 1.85 bits per heavy atom. The van der Waals surface area contributed by atoms with Crippen LogP contribution in [0, 0.1) is 11.7 Å². The summed E-state index contributed by atoms with van der Waals surface area (Å²) in [6.45, 7) is 3.93. The highest BCUT2D eigenvalue weighted by Crippen LogP contribution is 2.38. The molecule has 2 aliphatic rings. The summed E-state index contributed by atoms with van der Waals surface area (Å²) < 4.78 is 18.6. The molecule has 2 aliphatic heterocycles. The number of methoxy groups -OCH3 is 1. The van der Waals surface area contributed by atoms with E-state index in [9.17, 15) is 14.0 Å². The Morgan fingerprint density at radius 3 is 2.48 bits per heavy atom. The number of ether oxygens (including phenoxy) is 1. The number of hydrogen-bond donors (Lipinski definition) is 0. The Kier molecular flexibility index (Phi) is 6.44. The SMILES string of the molecule is COCCN1C(=O)CC[C@@H](C(=O)N2CCN(C)CC2)[C@@H]1c1ccc(F)cc1. The number of carbonyl (C=O) groups is 2. The topological polar surface area (TPSA) is 53.1 Å². The summed E-state index contributed by atoms with van der Waals surface area (Å²) in [7, 11) is 3.64. The van der Waals surface area contributed by atoms with Crippen LogP contribution < -0.4 is 0 Å². The van der Waals surface area contributed by atoms with Crippen LogP contribution in [0.1, 0.15) is 24.4 Å². The lowest BCUT2D eigenvalue weighted by molar-refractivity contribution is -0.149. The summed E-state index contributed by atoms with van der Waals surface area (Å²) in [6.07, 6.45) is 0.876. The molecule has 2 atom stereocenters. The van der Waals surface area contributed by atoms with E-state index < -0.39 is 0 Å². The molecule has 2 heterocycles. The van der Waals surface area contributed by atoms with Crippen LogP contribution in [0.3, 0.4) is 0 Å². The van der Waals surface area contributed by atoms with Gasteiger partial charge in [0, 0.05) is 46.3 Å². The molecule has 0 aliphatic carbocycles. The fourth-order valence-electron chi connectivity index (χ4n) is 4.00. The highest BCUT2D eigenvalue weighted by atomic mass is 19.1. The highest BCUT2D eigenvalue weighted by Gasteiger charge is 2.42. The third-order valence-electron chi connectivity index (χ3n) is 5.59. The van der Waals surface area contributed by atoms with Crippen LogP contribution in [0.2, 0.25) is 0 Å². The number of nitrogens with zero attached hydrogens (tertiary/aromatic N) is 3. The number of likely N-dealkylation sites (tertiary alicyclic amines) is 1. The molecule has 27 heavy (non-hydrogen) atoms. The van der Waals surface area contributed by atoms with Crippen molar-refractivity contribution in [2.24, 2.45) is 5.92 Å². The Bertz CT molecular complexity index is 659. The molecule has 7 heteroatoms. The summed E-state index contributed by atoms with van der Waals surface area (Å²) in [5.41, 5.74) is 0.799. The normalized spacial score (nSPS) is 24.3. The van der Waals surface area contributed by atoms with Crippen LogP contribution in [-0.4, -0.2) is 80.0 Å². The number of likely N-dealkylation sites (N-methyl/N-ethyl adjacent to an activating group) is 1. The van der Waals surface area contributed by atoms with Gasteiger partial charge in [-0.25, -0.2) is 4.39 Å². The molecule has 0 unspecified atom stereocenters. The number of amides is 2. The van der Waals surface area contributed by atoms with E-state index >= 15 is 0 Å². The van der Waals surface area contributed by atoms with Crippen LogP contribution >= 0.6 is 0 Å². The Hall–Kier alpha value is -1.99. The number of piperidine rings is 1. The molecule has 0 aromatic heterocycles. The lowest BCUT2D eigenvalue weighted by Gasteiger charge is -2.43. The van der Waals surface area contributed by atoms with Crippen molar-refractivity contribution in [3.8, 4) is 0 Å². The molecule has 0 bridgehead atoms. The number of halogens is 1. The van der Waals surface area contributed by atoms with Gasteiger partial charge < -0.3 is 19.4 Å². The maximum absolute atomic E-state index is 13.4. The smallest absolute Gasteiger partial charge is 0.228 e. The van der Waals surface area contributed by atoms with Gasteiger partial charge in [0.05, 0.1) is 18.6 Å². The predicted octanol–water partition coefficient (Wildman–Crippen LogP) is 1.53. The van der Waals surface area contributed by atoms with Gasteiger partial charge in [-0.2, -0.15) is 0 Å². The molecule has 148 valence electrons.